The van der Waals surface area contributed by atoms with Gasteiger partial charge >= 0.3 is 11.4 Å². The lowest BCUT2D eigenvalue weighted by atomic mass is 9.88. The summed E-state index contributed by atoms with van der Waals surface area (Å²) in [4.78, 5) is 22.3. The molecule has 4 aromatic rings. The third-order valence-corrected chi connectivity index (χ3v) is 5.37. The van der Waals surface area contributed by atoms with Crippen molar-refractivity contribution < 1.29 is 19.1 Å². The maximum Gasteiger partial charge on any atom is 0.643 e. The molecule has 0 unspecified atom stereocenters. The molecule has 0 aliphatic rings. The number of halogens is 6. The maximum absolute atomic E-state index is 12.1. The molecule has 4 nitrogen and oxygen atoms in total. The average Bonchev–Trinajstić information content (AvgIpc) is 2.98. The number of carbonyl (C=O) groups excluding carboxylic acids is 2. The third kappa shape index (κ3) is 28.0. The number of Topliss-reactive ketones (excluding diaryl/α,β-unsaturated/α-hetero) is 1. The molecule has 0 atom stereocenters. The highest BCUT2D eigenvalue weighted by molar-refractivity contribution is 7.54. The Morgan fingerprint density at radius 1 is 0.542 bits per heavy atom. The number of alkyl halides is 2. The third-order valence-electron chi connectivity index (χ3n) is 5.24. The topological polar surface area (TPSA) is 52.6 Å². The molecule has 0 bridgehead atoms. The van der Waals surface area contributed by atoms with Gasteiger partial charge < -0.3 is 9.47 Å². The van der Waals surface area contributed by atoms with E-state index in [0.29, 0.717) is 12.8 Å². The molecule has 11 heteroatoms. The van der Waals surface area contributed by atoms with E-state index >= 15 is 0 Å². The van der Waals surface area contributed by atoms with Crippen LogP contribution in [0.2, 0.25) is 0 Å². The fourth-order valence-corrected chi connectivity index (χ4v) is 3.85. The zero-order valence-electron chi connectivity index (χ0n) is 28.1. The molecule has 0 aromatic heterocycles. The highest BCUT2D eigenvalue weighted by Crippen LogP contribution is 2.25. The van der Waals surface area contributed by atoms with Gasteiger partial charge in [0.1, 0.15) is 23.0 Å². The minimum absolute atomic E-state index is 0.0102. The van der Waals surface area contributed by atoms with Gasteiger partial charge in [0.15, 0.2) is 5.78 Å². The zero-order chi connectivity index (χ0) is 36.6. The summed E-state index contributed by atoms with van der Waals surface area (Å²) in [5.41, 5.74) is 0.787. The first kappa shape index (κ1) is 46.1. The number of ether oxygens (including phenoxy) is 2. The second-order valence-corrected chi connectivity index (χ2v) is 19.9. The minimum Gasteiger partial charge on any atom is -0.457 e. The fraction of sp³-hybridized carbons (Fsp3) is 0.297. The number of benzene rings is 4. The van der Waals surface area contributed by atoms with Crippen LogP contribution in [0.5, 0.6) is 23.0 Å². The second-order valence-electron chi connectivity index (χ2n) is 12.3. The van der Waals surface area contributed by atoms with Crippen LogP contribution in [-0.4, -0.2) is 27.7 Å². The van der Waals surface area contributed by atoms with Crippen molar-refractivity contribution in [3.8, 4) is 23.0 Å². The number of hydrogen-bond donors (Lipinski definition) is 0. The average molecular weight is 791 g/mol. The molecule has 260 valence electrons. The summed E-state index contributed by atoms with van der Waals surface area (Å²) in [6.45, 7) is 12.1. The number of hydrogen-bond acceptors (Lipinski definition) is 4. The lowest BCUT2D eigenvalue weighted by molar-refractivity contribution is -0.113. The number of ketones is 1. The molecule has 4 rings (SSSR count). The molecule has 0 aliphatic heterocycles. The molecular weight excluding hydrogens is 748 g/mol. The van der Waals surface area contributed by atoms with Gasteiger partial charge in [-0.05, 0) is 83.1 Å². The van der Waals surface area contributed by atoms with Crippen molar-refractivity contribution in [2.45, 2.75) is 54.4 Å². The Morgan fingerprint density at radius 3 is 1.04 bits per heavy atom. The van der Waals surface area contributed by atoms with E-state index in [9.17, 15) is 9.59 Å². The molecule has 0 fully saturated rings. The van der Waals surface area contributed by atoms with Gasteiger partial charge in [-0.3, -0.25) is 9.59 Å². The smallest absolute Gasteiger partial charge is 0.457 e. The van der Waals surface area contributed by atoms with Crippen molar-refractivity contribution in [2.24, 2.45) is 10.8 Å². The van der Waals surface area contributed by atoms with Gasteiger partial charge in [0.2, 0.25) is 5.24 Å². The van der Waals surface area contributed by atoms with Crippen LogP contribution >= 0.6 is 65.0 Å². The summed E-state index contributed by atoms with van der Waals surface area (Å²) in [7, 11) is 14.8. The van der Waals surface area contributed by atoms with Crippen LogP contribution in [0.25, 0.3) is 0 Å². The maximum atomic E-state index is 12.1. The predicted molar refractivity (Wildman–Crippen MR) is 209 cm³/mol. The molecule has 0 saturated heterocycles. The van der Waals surface area contributed by atoms with Crippen molar-refractivity contribution in [3.63, 3.8) is 0 Å². The molecule has 48 heavy (non-hydrogen) atoms. The Kier molecular flexibility index (Phi) is 24.9. The van der Waals surface area contributed by atoms with E-state index < -0.39 is 11.4 Å². The summed E-state index contributed by atoms with van der Waals surface area (Å²) < 4.78 is 11.3. The van der Waals surface area contributed by atoms with Gasteiger partial charge in [-0.15, -0.1) is 23.2 Å². The van der Waals surface area contributed by atoms with Gasteiger partial charge in [0, 0.05) is 18.4 Å². The predicted octanol–water partition coefficient (Wildman–Crippen LogP) is 13.9. The van der Waals surface area contributed by atoms with E-state index in [4.69, 9.17) is 74.4 Å². The first-order valence-corrected chi connectivity index (χ1v) is 21.5. The van der Waals surface area contributed by atoms with Gasteiger partial charge in [-0.25, -0.2) is 30.1 Å². The monoisotopic (exact) mass is 788 g/mol. The van der Waals surface area contributed by atoms with Crippen molar-refractivity contribution in [1.29, 1.82) is 0 Å². The van der Waals surface area contributed by atoms with Crippen molar-refractivity contribution in [1.82, 2.24) is 0 Å². The Balaban J connectivity index is 0.000000676. The van der Waals surface area contributed by atoms with Crippen molar-refractivity contribution in [3.05, 3.63) is 121 Å². The van der Waals surface area contributed by atoms with Gasteiger partial charge in [0.25, 0.3) is 0 Å². The minimum atomic E-state index is -1.72. The molecule has 0 saturated carbocycles. The zero-order valence-corrected chi connectivity index (χ0v) is 33.8. The molecular formula is C37H43AlCl6O4. The normalized spacial score (nSPS) is 10.1. The Labute approximate surface area is 318 Å². The lowest BCUT2D eigenvalue weighted by Gasteiger charge is -2.16. The van der Waals surface area contributed by atoms with Crippen LogP contribution in [0.4, 0.5) is 0 Å². The fourth-order valence-electron chi connectivity index (χ4n) is 3.45. The van der Waals surface area contributed by atoms with E-state index in [1.807, 2.05) is 136 Å². The molecule has 0 radical (unpaired) electrons. The first-order valence-electron chi connectivity index (χ1n) is 14.8. The van der Waals surface area contributed by atoms with Gasteiger partial charge in [-0.1, -0.05) is 96.1 Å². The van der Waals surface area contributed by atoms with Crippen LogP contribution < -0.4 is 9.47 Å². The number of para-hydroxylation sites is 3. The van der Waals surface area contributed by atoms with E-state index in [0.717, 1.165) is 28.6 Å². The van der Waals surface area contributed by atoms with E-state index in [2.05, 4.69) is 20.8 Å². The quantitative estimate of drug-likeness (QED) is 0.0810. The highest BCUT2D eigenvalue weighted by Gasteiger charge is 2.17. The summed E-state index contributed by atoms with van der Waals surface area (Å²) in [5.74, 6) is 3.44. The Hall–Kier alpha value is -1.91. The molecule has 0 aliphatic carbocycles. The van der Waals surface area contributed by atoms with E-state index in [1.54, 1.807) is 0 Å². The summed E-state index contributed by atoms with van der Waals surface area (Å²) >= 11 is 12.9. The molecule has 0 spiro atoms. The Morgan fingerprint density at radius 2 is 0.812 bits per heavy atom. The second kappa shape index (κ2) is 26.0. The van der Waals surface area contributed by atoms with Crippen molar-refractivity contribution in [2.75, 3.05) is 5.34 Å². The molecule has 4 aromatic carbocycles. The van der Waals surface area contributed by atoms with Gasteiger partial charge in [0.05, 0.1) is 5.34 Å². The standard InChI is InChI=1S/C18H20O2.C12H10O.C6H11ClO.CH2Cl2.Al.3ClH/c1-18(2,3)13-17(19)14-9-11-16(12-10-14)20-15-7-5-4-6-8-15;1-3-7-11(8-4-1)13-12-9-5-2-6-10-12;1-6(2,3)4-5(7)8;2-1-3;;;;/h4-12H,13H2,1-3H3;1-10H;4H2,1-3H3;1H2;;3*1H/q;;;;+3;;;/p-3. The van der Waals surface area contributed by atoms with Crippen LogP contribution in [0, 0.1) is 10.8 Å². The highest BCUT2D eigenvalue weighted by atomic mass is 35.8. The molecule has 0 amide bonds. The number of carbonyl (C=O) groups is 2. The first-order chi connectivity index (χ1) is 22.5. The van der Waals surface area contributed by atoms with Crippen LogP contribution in [0.3, 0.4) is 0 Å². The molecule has 0 N–H and O–H groups in total. The largest absolute Gasteiger partial charge is 0.643 e. The van der Waals surface area contributed by atoms with E-state index in [1.165, 1.54) is 0 Å². The SMILES string of the molecule is CC(C)(C)CC(=O)Cl.CC(C)(C)CC(=O)c1ccc(Oc2ccccc2)cc1.ClCCl.[Cl][Al]([Cl])[Cl].c1ccc(Oc2ccccc2)cc1. The van der Waals surface area contributed by atoms with Crippen LogP contribution in [0.15, 0.2) is 115 Å². The lowest BCUT2D eigenvalue weighted by Crippen LogP contribution is -2.12. The van der Waals surface area contributed by atoms with Crippen LogP contribution in [-0.2, 0) is 4.79 Å². The Bertz CT molecular complexity index is 1360. The van der Waals surface area contributed by atoms with E-state index in [-0.39, 0.29) is 27.2 Å². The van der Waals surface area contributed by atoms with Gasteiger partial charge in [-0.2, -0.15) is 0 Å². The number of rotatable bonds is 7. The van der Waals surface area contributed by atoms with Crippen molar-refractivity contribution >= 4 is 87.4 Å². The summed E-state index contributed by atoms with van der Waals surface area (Å²) in [6, 6.07) is 36.4. The summed E-state index contributed by atoms with van der Waals surface area (Å²) in [6.07, 6.45) is 1.00. The summed E-state index contributed by atoms with van der Waals surface area (Å²) in [5, 5.41) is -0.0579. The van der Waals surface area contributed by atoms with Crippen LogP contribution in [0.1, 0.15) is 64.7 Å². The molecule has 0 heterocycles.